The predicted molar refractivity (Wildman–Crippen MR) is 122 cm³/mol. The van der Waals surface area contributed by atoms with Gasteiger partial charge in [0.05, 0.1) is 19.5 Å². The van der Waals surface area contributed by atoms with Crippen LogP contribution in [0.3, 0.4) is 0 Å². The van der Waals surface area contributed by atoms with E-state index in [1.165, 1.54) is 32.4 Å². The average Bonchev–Trinajstić information content (AvgIpc) is 3.16. The van der Waals surface area contributed by atoms with Crippen molar-refractivity contribution in [2.24, 2.45) is 0 Å². The molecule has 0 spiro atoms. The zero-order valence-electron chi connectivity index (χ0n) is 16.9. The van der Waals surface area contributed by atoms with Crippen LogP contribution in [-0.2, 0) is 4.74 Å². The van der Waals surface area contributed by atoms with Gasteiger partial charge in [-0.25, -0.2) is 0 Å². The molecule has 4 heteroatoms. The first-order valence-corrected chi connectivity index (χ1v) is 11.1. The molecule has 2 heterocycles. The summed E-state index contributed by atoms with van der Waals surface area (Å²) in [6.07, 6.45) is 12.9. The molecule has 29 heavy (non-hydrogen) atoms. The molecule has 1 atom stereocenters. The highest BCUT2D eigenvalue weighted by molar-refractivity contribution is 8.03. The molecule has 0 radical (unpaired) electrons. The predicted octanol–water partition coefficient (Wildman–Crippen LogP) is 3.49. The monoisotopic (exact) mass is 403 g/mol. The number of rotatable bonds is 5. The average molecular weight is 404 g/mol. The quantitative estimate of drug-likeness (QED) is 0.713. The van der Waals surface area contributed by atoms with E-state index in [0.717, 1.165) is 29.9 Å². The summed E-state index contributed by atoms with van der Waals surface area (Å²) in [5.74, 6) is 2.28. The van der Waals surface area contributed by atoms with Gasteiger partial charge in [-0.1, -0.05) is 36.4 Å². The molecule has 1 unspecified atom stereocenters. The molecule has 0 saturated carbocycles. The summed E-state index contributed by atoms with van der Waals surface area (Å²) < 4.78 is 11.9. The summed E-state index contributed by atoms with van der Waals surface area (Å²) >= 11 is 1.90. The number of fused-ring (bicyclic) bond motifs is 7. The number of nitrogens with zero attached hydrogens (tertiary/aromatic N) is 1. The maximum Gasteiger partial charge on any atom is 0.141 e. The SMILES string of the molecule is CN(C)CCOCC1=CC2C(=CC=c3c4cccc-4c4c(cc32)=CC=CO4)CS1. The molecule has 0 fully saturated rings. The molecule has 0 aromatic rings. The Morgan fingerprint density at radius 1 is 1.17 bits per heavy atom. The second-order valence-corrected chi connectivity index (χ2v) is 9.03. The zero-order chi connectivity index (χ0) is 19.8. The standard InChI is InChI=1S/C25H25NO2S/c1-26(2)10-12-27-15-19-14-23-18(16-29-19)8-9-21-20-6-3-7-22(20)25-17(13-24(21)23)5-4-11-28-25/h3-9,11,13-14,23H,10,12,15-16H2,1-2H3. The third-order valence-corrected chi connectivity index (χ3v) is 6.78. The topological polar surface area (TPSA) is 21.7 Å². The van der Waals surface area contributed by atoms with Crippen LogP contribution in [-0.4, -0.2) is 44.5 Å². The Bertz CT molecular complexity index is 1130. The van der Waals surface area contributed by atoms with Crippen molar-refractivity contribution in [3.63, 3.8) is 0 Å². The van der Waals surface area contributed by atoms with Gasteiger partial charge in [0.1, 0.15) is 5.75 Å². The van der Waals surface area contributed by atoms with Crippen molar-refractivity contribution < 1.29 is 9.47 Å². The van der Waals surface area contributed by atoms with Gasteiger partial charge in [0, 0.05) is 33.9 Å². The molecule has 3 aliphatic carbocycles. The minimum absolute atomic E-state index is 0.303. The molecule has 0 saturated heterocycles. The molecule has 5 aliphatic rings. The normalized spacial score (nSPS) is 19.3. The fourth-order valence-corrected chi connectivity index (χ4v) is 5.20. The molecule has 148 valence electrons. The minimum atomic E-state index is 0.303. The Morgan fingerprint density at radius 3 is 2.97 bits per heavy atom. The second kappa shape index (κ2) is 7.86. The second-order valence-electron chi connectivity index (χ2n) is 7.93. The van der Waals surface area contributed by atoms with Gasteiger partial charge in [0.2, 0.25) is 0 Å². The van der Waals surface area contributed by atoms with Crippen molar-refractivity contribution in [3.05, 3.63) is 75.2 Å². The summed E-state index contributed by atoms with van der Waals surface area (Å²) in [6.45, 7) is 2.41. The zero-order valence-corrected chi connectivity index (χ0v) is 17.7. The number of thioether (sulfide) groups is 1. The van der Waals surface area contributed by atoms with E-state index in [0.29, 0.717) is 12.5 Å². The molecule has 2 aliphatic heterocycles. The number of likely N-dealkylation sites (N-methyl/N-ethyl adjacent to an activating group) is 1. The van der Waals surface area contributed by atoms with Gasteiger partial charge >= 0.3 is 0 Å². The highest BCUT2D eigenvalue weighted by Gasteiger charge is 2.26. The third kappa shape index (κ3) is 3.57. The van der Waals surface area contributed by atoms with Crippen molar-refractivity contribution in [3.8, 4) is 16.9 Å². The van der Waals surface area contributed by atoms with Crippen LogP contribution in [0.2, 0.25) is 0 Å². The first-order valence-electron chi connectivity index (χ1n) is 10.1. The van der Waals surface area contributed by atoms with Gasteiger partial charge in [-0.3, -0.25) is 0 Å². The Kier molecular flexibility index (Phi) is 5.08. The van der Waals surface area contributed by atoms with Gasteiger partial charge in [-0.15, -0.1) is 11.8 Å². The number of allylic oxidation sites excluding steroid dienone is 3. The highest BCUT2D eigenvalue weighted by atomic mass is 32.2. The summed E-state index contributed by atoms with van der Waals surface area (Å²) in [7, 11) is 4.15. The van der Waals surface area contributed by atoms with E-state index in [-0.39, 0.29) is 0 Å². The van der Waals surface area contributed by atoms with E-state index >= 15 is 0 Å². The molecule has 0 N–H and O–H groups in total. The largest absolute Gasteiger partial charge is 0.464 e. The van der Waals surface area contributed by atoms with Crippen molar-refractivity contribution in [2.45, 2.75) is 5.92 Å². The van der Waals surface area contributed by atoms with Crippen LogP contribution < -0.4 is 15.2 Å². The van der Waals surface area contributed by atoms with E-state index in [2.05, 4.69) is 67.6 Å². The number of hydrogen-bond acceptors (Lipinski definition) is 4. The molecule has 0 aromatic heterocycles. The van der Waals surface area contributed by atoms with Gasteiger partial charge in [-0.05, 0) is 54.2 Å². The molecule has 0 amide bonds. The Hall–Kier alpha value is -2.27. The van der Waals surface area contributed by atoms with Crippen LogP contribution in [0.4, 0.5) is 0 Å². The summed E-state index contributed by atoms with van der Waals surface area (Å²) in [6, 6.07) is 8.80. The fraction of sp³-hybridized carbons (Fsp3) is 0.280. The van der Waals surface area contributed by atoms with E-state index in [1.54, 1.807) is 6.26 Å². The van der Waals surface area contributed by atoms with Crippen LogP contribution in [0.1, 0.15) is 11.5 Å². The van der Waals surface area contributed by atoms with E-state index in [1.807, 2.05) is 17.8 Å². The van der Waals surface area contributed by atoms with Crippen molar-refractivity contribution in [2.75, 3.05) is 39.6 Å². The van der Waals surface area contributed by atoms with Crippen LogP contribution in [0.15, 0.2) is 59.2 Å². The lowest BCUT2D eigenvalue weighted by Crippen LogP contribution is -2.22. The van der Waals surface area contributed by atoms with Crippen LogP contribution in [0, 0.1) is 0 Å². The summed E-state index contributed by atoms with van der Waals surface area (Å²) in [5, 5.41) is 2.45. The maximum atomic E-state index is 5.93. The Balaban J connectivity index is 1.56. The Labute approximate surface area is 176 Å². The van der Waals surface area contributed by atoms with Crippen LogP contribution >= 0.6 is 11.8 Å². The Morgan fingerprint density at radius 2 is 2.07 bits per heavy atom. The van der Waals surface area contributed by atoms with Gasteiger partial charge in [0.25, 0.3) is 0 Å². The molecule has 0 aromatic carbocycles. The first-order chi connectivity index (χ1) is 14.2. The van der Waals surface area contributed by atoms with Gasteiger partial charge < -0.3 is 14.4 Å². The molecule has 5 rings (SSSR count). The van der Waals surface area contributed by atoms with Crippen molar-refractivity contribution >= 4 is 23.9 Å². The number of ether oxygens (including phenoxy) is 2. The van der Waals surface area contributed by atoms with Crippen LogP contribution in [0.5, 0.6) is 5.75 Å². The first kappa shape index (κ1) is 18.7. The lowest BCUT2D eigenvalue weighted by atomic mass is 9.86. The summed E-state index contributed by atoms with van der Waals surface area (Å²) in [5.41, 5.74) is 5.26. The fourth-order valence-electron chi connectivity index (χ4n) is 4.17. The lowest BCUT2D eigenvalue weighted by molar-refractivity contribution is 0.140. The number of hydrogen-bond donors (Lipinski definition) is 0. The van der Waals surface area contributed by atoms with E-state index in [4.69, 9.17) is 9.47 Å². The highest BCUT2D eigenvalue weighted by Crippen LogP contribution is 2.39. The van der Waals surface area contributed by atoms with E-state index < -0.39 is 0 Å². The molecule has 3 nitrogen and oxygen atoms in total. The minimum Gasteiger partial charge on any atom is -0.464 e. The summed E-state index contributed by atoms with van der Waals surface area (Å²) in [4.78, 5) is 3.48. The van der Waals surface area contributed by atoms with Crippen LogP contribution in [0.25, 0.3) is 23.3 Å². The molecular weight excluding hydrogens is 378 g/mol. The smallest absolute Gasteiger partial charge is 0.141 e. The molecular formula is C25H25NO2S. The third-order valence-electron chi connectivity index (χ3n) is 5.68. The molecule has 0 bridgehead atoms. The maximum absolute atomic E-state index is 5.93. The van der Waals surface area contributed by atoms with Crippen molar-refractivity contribution in [1.29, 1.82) is 0 Å². The lowest BCUT2D eigenvalue weighted by Gasteiger charge is -2.27. The van der Waals surface area contributed by atoms with Crippen molar-refractivity contribution in [1.82, 2.24) is 4.90 Å². The van der Waals surface area contributed by atoms with E-state index in [9.17, 15) is 0 Å². The van der Waals surface area contributed by atoms with Gasteiger partial charge in [-0.2, -0.15) is 0 Å². The van der Waals surface area contributed by atoms with Gasteiger partial charge in [0.15, 0.2) is 0 Å².